The molecule has 1 heterocycles. The van der Waals surface area contributed by atoms with Crippen molar-refractivity contribution in [1.29, 1.82) is 0 Å². The third-order valence-corrected chi connectivity index (χ3v) is 4.74. The van der Waals surface area contributed by atoms with E-state index in [1.165, 1.54) is 16.7 Å². The molecule has 0 N–H and O–H groups in total. The van der Waals surface area contributed by atoms with Crippen molar-refractivity contribution in [2.45, 2.75) is 17.9 Å². The van der Waals surface area contributed by atoms with E-state index in [1.807, 2.05) is 0 Å². The van der Waals surface area contributed by atoms with Crippen molar-refractivity contribution in [2.24, 2.45) is 0 Å². The molecular formula is C22H20O. The molecule has 1 atom stereocenters. The zero-order valence-corrected chi connectivity index (χ0v) is 13.1. The maximum Gasteiger partial charge on any atom is 0.0824 e. The van der Waals surface area contributed by atoms with E-state index < -0.39 is 0 Å². The lowest BCUT2D eigenvalue weighted by atomic mass is 9.67. The second kappa shape index (κ2) is 6.02. The Morgan fingerprint density at radius 3 is 1.30 bits per heavy atom. The topological polar surface area (TPSA) is 12.5 Å². The van der Waals surface area contributed by atoms with E-state index in [0.717, 1.165) is 13.0 Å². The van der Waals surface area contributed by atoms with Gasteiger partial charge in [-0.3, -0.25) is 0 Å². The van der Waals surface area contributed by atoms with E-state index in [9.17, 15) is 0 Å². The van der Waals surface area contributed by atoms with Crippen molar-refractivity contribution in [3.63, 3.8) is 0 Å². The summed E-state index contributed by atoms with van der Waals surface area (Å²) in [5.41, 5.74) is 3.82. The van der Waals surface area contributed by atoms with Crippen LogP contribution in [0.15, 0.2) is 91.0 Å². The van der Waals surface area contributed by atoms with E-state index >= 15 is 0 Å². The Morgan fingerprint density at radius 1 is 0.652 bits per heavy atom. The Bertz CT molecular complexity index is 649. The summed E-state index contributed by atoms with van der Waals surface area (Å²) in [6.45, 7) is 0.869. The highest BCUT2D eigenvalue weighted by Crippen LogP contribution is 2.45. The maximum atomic E-state index is 5.63. The second-order valence-electron chi connectivity index (χ2n) is 6.16. The minimum absolute atomic E-state index is 0.162. The van der Waals surface area contributed by atoms with Crippen molar-refractivity contribution < 1.29 is 4.74 Å². The molecule has 0 spiro atoms. The highest BCUT2D eigenvalue weighted by molar-refractivity contribution is 5.50. The van der Waals surface area contributed by atoms with Crippen LogP contribution in [0.5, 0.6) is 0 Å². The number of ether oxygens (including phenoxy) is 1. The average Bonchev–Trinajstić information content (AvgIpc) is 3.46. The normalized spacial score (nSPS) is 17.0. The van der Waals surface area contributed by atoms with Crippen LogP contribution in [0.4, 0.5) is 0 Å². The van der Waals surface area contributed by atoms with Crippen molar-refractivity contribution in [2.75, 3.05) is 6.61 Å². The van der Waals surface area contributed by atoms with Crippen LogP contribution in [0.3, 0.4) is 0 Å². The fourth-order valence-corrected chi connectivity index (χ4v) is 3.55. The number of hydrogen-bond acceptors (Lipinski definition) is 1. The van der Waals surface area contributed by atoms with Crippen LogP contribution in [-0.2, 0) is 10.2 Å². The highest BCUT2D eigenvalue weighted by Gasteiger charge is 2.41. The van der Waals surface area contributed by atoms with Crippen molar-refractivity contribution in [1.82, 2.24) is 0 Å². The summed E-state index contributed by atoms with van der Waals surface area (Å²) in [7, 11) is 0. The largest absolute Gasteiger partial charge is 0.373 e. The van der Waals surface area contributed by atoms with E-state index in [4.69, 9.17) is 4.74 Å². The number of benzene rings is 3. The Balaban J connectivity index is 1.97. The highest BCUT2D eigenvalue weighted by atomic mass is 16.6. The summed E-state index contributed by atoms with van der Waals surface area (Å²) in [4.78, 5) is 0. The van der Waals surface area contributed by atoms with Gasteiger partial charge in [-0.05, 0) is 23.1 Å². The first-order valence-electron chi connectivity index (χ1n) is 8.18. The first kappa shape index (κ1) is 14.2. The molecule has 1 nitrogen and oxygen atoms in total. The van der Waals surface area contributed by atoms with Crippen LogP contribution in [0.25, 0.3) is 0 Å². The molecular weight excluding hydrogens is 280 g/mol. The van der Waals surface area contributed by atoms with Crippen LogP contribution < -0.4 is 0 Å². The number of rotatable bonds is 5. The van der Waals surface area contributed by atoms with Gasteiger partial charge in [-0.1, -0.05) is 91.0 Å². The van der Waals surface area contributed by atoms with Gasteiger partial charge < -0.3 is 4.74 Å². The van der Waals surface area contributed by atoms with Gasteiger partial charge in [0.2, 0.25) is 0 Å². The van der Waals surface area contributed by atoms with Gasteiger partial charge in [-0.15, -0.1) is 0 Å². The second-order valence-corrected chi connectivity index (χ2v) is 6.16. The molecule has 114 valence electrons. The SMILES string of the molecule is c1ccc(C(C[C@@H]2CO2)(c2ccccc2)c2ccccc2)cc1. The minimum Gasteiger partial charge on any atom is -0.373 e. The Labute approximate surface area is 137 Å². The number of hydrogen-bond donors (Lipinski definition) is 0. The standard InChI is InChI=1S/C22H20O/c1-4-10-18(11-5-1)22(16-21-17-23-21,19-12-6-2-7-13-19)20-14-8-3-9-15-20/h1-15,21H,16-17H2/t21-/m1/s1. The van der Waals surface area contributed by atoms with Crippen LogP contribution in [0.1, 0.15) is 23.1 Å². The summed E-state index contributed by atoms with van der Waals surface area (Å²) in [6, 6.07) is 32.4. The van der Waals surface area contributed by atoms with Crippen molar-refractivity contribution in [3.05, 3.63) is 108 Å². The van der Waals surface area contributed by atoms with Gasteiger partial charge in [-0.2, -0.15) is 0 Å². The summed E-state index contributed by atoms with van der Waals surface area (Å²) in [5.74, 6) is 0. The van der Waals surface area contributed by atoms with E-state index in [-0.39, 0.29) is 5.41 Å². The predicted molar refractivity (Wildman–Crippen MR) is 93.6 cm³/mol. The summed E-state index contributed by atoms with van der Waals surface area (Å²) >= 11 is 0. The molecule has 23 heavy (non-hydrogen) atoms. The average molecular weight is 300 g/mol. The van der Waals surface area contributed by atoms with Crippen LogP contribution >= 0.6 is 0 Å². The Hall–Kier alpha value is -2.38. The molecule has 0 amide bonds. The molecule has 1 aliphatic rings. The lowest BCUT2D eigenvalue weighted by Crippen LogP contribution is -2.31. The monoisotopic (exact) mass is 300 g/mol. The third-order valence-electron chi connectivity index (χ3n) is 4.74. The van der Waals surface area contributed by atoms with E-state index in [2.05, 4.69) is 91.0 Å². The van der Waals surface area contributed by atoms with Gasteiger partial charge in [0.25, 0.3) is 0 Å². The van der Waals surface area contributed by atoms with Crippen molar-refractivity contribution in [3.8, 4) is 0 Å². The molecule has 0 saturated carbocycles. The molecule has 0 bridgehead atoms. The smallest absolute Gasteiger partial charge is 0.0824 e. The molecule has 0 aromatic heterocycles. The first-order chi connectivity index (χ1) is 11.4. The summed E-state index contributed by atoms with van der Waals surface area (Å²) in [5, 5.41) is 0. The predicted octanol–water partition coefficient (Wildman–Crippen LogP) is 4.81. The lowest BCUT2D eigenvalue weighted by molar-refractivity contribution is 0.366. The van der Waals surface area contributed by atoms with Gasteiger partial charge >= 0.3 is 0 Å². The molecule has 0 aliphatic carbocycles. The fourth-order valence-electron chi connectivity index (χ4n) is 3.55. The molecule has 1 saturated heterocycles. The summed E-state index contributed by atoms with van der Waals surface area (Å²) < 4.78 is 5.63. The van der Waals surface area contributed by atoms with Crippen LogP contribution in [-0.4, -0.2) is 12.7 Å². The molecule has 0 radical (unpaired) electrons. The van der Waals surface area contributed by atoms with Gasteiger partial charge in [-0.25, -0.2) is 0 Å². The molecule has 1 fully saturated rings. The maximum absolute atomic E-state index is 5.63. The first-order valence-corrected chi connectivity index (χ1v) is 8.18. The quantitative estimate of drug-likeness (QED) is 0.486. The van der Waals surface area contributed by atoms with E-state index in [0.29, 0.717) is 6.10 Å². The summed E-state index contributed by atoms with van der Waals surface area (Å²) in [6.07, 6.45) is 1.32. The molecule has 4 rings (SSSR count). The van der Waals surface area contributed by atoms with Crippen LogP contribution in [0.2, 0.25) is 0 Å². The molecule has 1 heteroatoms. The number of epoxide rings is 1. The fraction of sp³-hybridized carbons (Fsp3) is 0.182. The zero-order valence-electron chi connectivity index (χ0n) is 13.1. The minimum atomic E-state index is -0.162. The van der Waals surface area contributed by atoms with Gasteiger partial charge in [0.1, 0.15) is 0 Å². The Morgan fingerprint density at radius 2 is 1.00 bits per heavy atom. The molecule has 3 aromatic carbocycles. The van der Waals surface area contributed by atoms with Gasteiger partial charge in [0, 0.05) is 5.41 Å². The zero-order chi connectivity index (χ0) is 15.5. The van der Waals surface area contributed by atoms with E-state index in [1.54, 1.807) is 0 Å². The molecule has 1 aliphatic heterocycles. The molecule has 3 aromatic rings. The third kappa shape index (κ3) is 2.69. The van der Waals surface area contributed by atoms with Crippen LogP contribution in [0, 0.1) is 0 Å². The van der Waals surface area contributed by atoms with Gasteiger partial charge in [0.05, 0.1) is 12.7 Å². The Kier molecular flexibility index (Phi) is 3.72. The van der Waals surface area contributed by atoms with Gasteiger partial charge in [0.15, 0.2) is 0 Å². The van der Waals surface area contributed by atoms with Crippen molar-refractivity contribution >= 4 is 0 Å². The lowest BCUT2D eigenvalue weighted by Gasteiger charge is -2.35. The molecule has 0 unspecified atom stereocenters.